The van der Waals surface area contributed by atoms with Crippen molar-refractivity contribution >= 4 is 12.0 Å². The minimum absolute atomic E-state index is 0.0543. The van der Waals surface area contributed by atoms with Gasteiger partial charge in [0.1, 0.15) is 24.1 Å². The van der Waals surface area contributed by atoms with Crippen molar-refractivity contribution in [3.8, 4) is 17.6 Å². The van der Waals surface area contributed by atoms with Gasteiger partial charge in [0.15, 0.2) is 11.5 Å². The normalized spacial score (nSPS) is 18.5. The molecule has 168 valence electrons. The van der Waals surface area contributed by atoms with Crippen molar-refractivity contribution in [2.75, 3.05) is 6.61 Å². The monoisotopic (exact) mass is 436 g/mol. The van der Waals surface area contributed by atoms with E-state index in [2.05, 4.69) is 12.2 Å². The minimum Gasteiger partial charge on any atom is -0.490 e. The third-order valence-corrected chi connectivity index (χ3v) is 5.66. The molecule has 1 amide bonds. The zero-order chi connectivity index (χ0) is 22.9. The van der Waals surface area contributed by atoms with Crippen LogP contribution in [0, 0.1) is 23.1 Å². The number of hydrogen-bond acceptors (Lipinski definition) is 4. The molecule has 0 saturated heterocycles. The molecule has 1 fully saturated rings. The van der Waals surface area contributed by atoms with E-state index in [4.69, 9.17) is 9.47 Å². The number of benzene rings is 2. The molecular formula is C26H29FN2O3. The molecule has 0 heterocycles. The highest BCUT2D eigenvalue weighted by Crippen LogP contribution is 2.30. The Morgan fingerprint density at radius 1 is 1.19 bits per heavy atom. The molecule has 1 aliphatic carbocycles. The maximum absolute atomic E-state index is 13.4. The number of carbonyl (C=O) groups excluding carboxylic acids is 1. The molecule has 0 radical (unpaired) electrons. The summed E-state index contributed by atoms with van der Waals surface area (Å²) < 4.78 is 24.9. The molecule has 2 aromatic rings. The van der Waals surface area contributed by atoms with Gasteiger partial charge >= 0.3 is 0 Å². The van der Waals surface area contributed by atoms with Crippen molar-refractivity contribution in [1.82, 2.24) is 5.32 Å². The average Bonchev–Trinajstić information content (AvgIpc) is 2.78. The van der Waals surface area contributed by atoms with E-state index in [1.807, 2.05) is 13.0 Å². The van der Waals surface area contributed by atoms with E-state index in [-0.39, 0.29) is 29.9 Å². The summed E-state index contributed by atoms with van der Waals surface area (Å²) in [7, 11) is 0. The van der Waals surface area contributed by atoms with E-state index in [0.29, 0.717) is 35.2 Å². The van der Waals surface area contributed by atoms with Gasteiger partial charge in [0.05, 0.1) is 6.61 Å². The van der Waals surface area contributed by atoms with Gasteiger partial charge in [-0.15, -0.1) is 0 Å². The Hall–Kier alpha value is -3.33. The second kappa shape index (κ2) is 11.3. The maximum Gasteiger partial charge on any atom is 0.262 e. The standard InChI is InChI=1S/C26H29FN2O3/c1-3-31-25-15-19(11-12-24(25)32-17-20-8-6-9-22(27)14-20)13-21(16-28)26(30)29-23-10-5-4-7-18(23)2/h6,8-9,11-15,18,23H,3-5,7,10,17H2,1-2H3,(H,29,30)/b21-13+/t18-,23-/m1/s1. The first-order chi connectivity index (χ1) is 15.5. The van der Waals surface area contributed by atoms with Crippen LogP contribution in [0.2, 0.25) is 0 Å². The Bertz CT molecular complexity index is 1010. The molecule has 2 aromatic carbocycles. The van der Waals surface area contributed by atoms with Crippen LogP contribution < -0.4 is 14.8 Å². The molecule has 1 saturated carbocycles. The molecule has 0 bridgehead atoms. The van der Waals surface area contributed by atoms with Crippen molar-refractivity contribution < 1.29 is 18.7 Å². The summed E-state index contributed by atoms with van der Waals surface area (Å²) in [6.07, 6.45) is 5.86. The summed E-state index contributed by atoms with van der Waals surface area (Å²) >= 11 is 0. The van der Waals surface area contributed by atoms with Crippen molar-refractivity contribution in [2.24, 2.45) is 5.92 Å². The summed E-state index contributed by atoms with van der Waals surface area (Å²) in [5, 5.41) is 12.6. The van der Waals surface area contributed by atoms with Crippen molar-refractivity contribution in [3.63, 3.8) is 0 Å². The third-order valence-electron chi connectivity index (χ3n) is 5.66. The molecular weight excluding hydrogens is 407 g/mol. The number of hydrogen-bond donors (Lipinski definition) is 1. The van der Waals surface area contributed by atoms with Crippen LogP contribution in [0.4, 0.5) is 4.39 Å². The molecule has 3 rings (SSSR count). The van der Waals surface area contributed by atoms with Crippen LogP contribution in [-0.4, -0.2) is 18.6 Å². The van der Waals surface area contributed by atoms with Crippen molar-refractivity contribution in [3.05, 3.63) is 65.0 Å². The highest BCUT2D eigenvalue weighted by Gasteiger charge is 2.24. The summed E-state index contributed by atoms with van der Waals surface area (Å²) in [6.45, 7) is 4.61. The van der Waals surface area contributed by atoms with Crippen molar-refractivity contribution in [2.45, 2.75) is 52.2 Å². The van der Waals surface area contributed by atoms with Crippen molar-refractivity contribution in [1.29, 1.82) is 5.26 Å². The Labute approximate surface area is 188 Å². The lowest BCUT2D eigenvalue weighted by molar-refractivity contribution is -0.118. The summed E-state index contributed by atoms with van der Waals surface area (Å²) in [5.74, 6) is 0.743. The molecule has 6 heteroatoms. The Balaban J connectivity index is 1.74. The fourth-order valence-corrected chi connectivity index (χ4v) is 3.88. The second-order valence-corrected chi connectivity index (χ2v) is 8.07. The van der Waals surface area contributed by atoms with Gasteiger partial charge in [0.25, 0.3) is 5.91 Å². The first-order valence-corrected chi connectivity index (χ1v) is 11.1. The number of ether oxygens (including phenoxy) is 2. The molecule has 2 atom stereocenters. The molecule has 0 spiro atoms. The largest absolute Gasteiger partial charge is 0.490 e. The third kappa shape index (κ3) is 6.34. The van der Waals surface area contributed by atoms with E-state index in [9.17, 15) is 14.4 Å². The van der Waals surface area contributed by atoms with E-state index < -0.39 is 0 Å². The lowest BCUT2D eigenvalue weighted by atomic mass is 9.86. The maximum atomic E-state index is 13.4. The van der Waals surface area contributed by atoms with Gasteiger partial charge < -0.3 is 14.8 Å². The van der Waals surface area contributed by atoms with Crippen LogP contribution in [0.3, 0.4) is 0 Å². The first-order valence-electron chi connectivity index (χ1n) is 11.1. The lowest BCUT2D eigenvalue weighted by Crippen LogP contribution is -2.41. The molecule has 1 aliphatic rings. The highest BCUT2D eigenvalue weighted by molar-refractivity contribution is 6.01. The number of nitrogens with zero attached hydrogens (tertiary/aromatic N) is 1. The zero-order valence-corrected chi connectivity index (χ0v) is 18.6. The van der Waals surface area contributed by atoms with E-state index >= 15 is 0 Å². The predicted molar refractivity (Wildman–Crippen MR) is 121 cm³/mol. The number of rotatable bonds is 8. The van der Waals surface area contributed by atoms with Crippen LogP contribution in [0.15, 0.2) is 48.0 Å². The molecule has 1 N–H and O–H groups in total. The Kier molecular flexibility index (Phi) is 8.27. The van der Waals surface area contributed by atoms with E-state index in [0.717, 1.165) is 19.3 Å². The van der Waals surface area contributed by atoms with Gasteiger partial charge in [-0.25, -0.2) is 4.39 Å². The van der Waals surface area contributed by atoms with Gasteiger partial charge in [-0.05, 0) is 67.2 Å². The van der Waals surface area contributed by atoms with Gasteiger partial charge in [-0.3, -0.25) is 4.79 Å². The van der Waals surface area contributed by atoms with Crippen LogP contribution in [0.5, 0.6) is 11.5 Å². The molecule has 0 aromatic heterocycles. The highest BCUT2D eigenvalue weighted by atomic mass is 19.1. The number of nitriles is 1. The van der Waals surface area contributed by atoms with Crippen LogP contribution >= 0.6 is 0 Å². The molecule has 0 unspecified atom stereocenters. The van der Waals surface area contributed by atoms with Crippen LogP contribution in [0.25, 0.3) is 6.08 Å². The number of carbonyl (C=O) groups is 1. The van der Waals surface area contributed by atoms with Gasteiger partial charge in [-0.2, -0.15) is 5.26 Å². The molecule has 0 aliphatic heterocycles. The van der Waals surface area contributed by atoms with Gasteiger partial charge in [0, 0.05) is 6.04 Å². The van der Waals surface area contributed by atoms with Gasteiger partial charge in [0.2, 0.25) is 0 Å². The van der Waals surface area contributed by atoms with E-state index in [1.165, 1.54) is 18.6 Å². The van der Waals surface area contributed by atoms with Crippen LogP contribution in [-0.2, 0) is 11.4 Å². The summed E-state index contributed by atoms with van der Waals surface area (Å²) in [4.78, 5) is 12.7. The smallest absolute Gasteiger partial charge is 0.262 e. The lowest BCUT2D eigenvalue weighted by Gasteiger charge is -2.29. The molecule has 32 heavy (non-hydrogen) atoms. The minimum atomic E-state index is -0.351. The average molecular weight is 437 g/mol. The van der Waals surface area contributed by atoms with Gasteiger partial charge in [-0.1, -0.05) is 38.0 Å². The number of halogens is 1. The zero-order valence-electron chi connectivity index (χ0n) is 18.6. The number of amides is 1. The van der Waals surface area contributed by atoms with E-state index in [1.54, 1.807) is 36.4 Å². The SMILES string of the molecule is CCOc1cc(/C=C(\C#N)C(=O)N[C@@H]2CCCC[C@H]2C)ccc1OCc1cccc(F)c1. The second-order valence-electron chi connectivity index (χ2n) is 8.07. The Morgan fingerprint density at radius 2 is 2.00 bits per heavy atom. The Morgan fingerprint density at radius 3 is 2.72 bits per heavy atom. The first kappa shape index (κ1) is 23.3. The molecule has 5 nitrogen and oxygen atoms in total. The fraction of sp³-hybridized carbons (Fsp3) is 0.385. The predicted octanol–water partition coefficient (Wildman–Crippen LogP) is 5.41. The summed E-state index contributed by atoms with van der Waals surface area (Å²) in [6, 6.07) is 13.6. The number of nitrogens with one attached hydrogen (secondary N) is 1. The quantitative estimate of drug-likeness (QED) is 0.444. The summed E-state index contributed by atoms with van der Waals surface area (Å²) in [5.41, 5.74) is 1.42. The topological polar surface area (TPSA) is 71.3 Å². The fourth-order valence-electron chi connectivity index (χ4n) is 3.88. The van der Waals surface area contributed by atoms with Crippen LogP contribution in [0.1, 0.15) is 50.7 Å².